The molecule has 1 atom stereocenters. The number of aryl methyl sites for hydroxylation is 2. The molecule has 0 saturated carbocycles. The van der Waals surface area contributed by atoms with Gasteiger partial charge in [0.05, 0.1) is 5.69 Å². The molecule has 96 valence electrons. The van der Waals surface area contributed by atoms with Crippen LogP contribution < -0.4 is 5.32 Å². The number of nitrogens with one attached hydrogen (secondary N) is 1. The summed E-state index contributed by atoms with van der Waals surface area (Å²) in [7, 11) is 2.00. The average Bonchev–Trinajstić information content (AvgIpc) is 2.86. The van der Waals surface area contributed by atoms with Gasteiger partial charge in [0, 0.05) is 36.6 Å². The Bertz CT molecular complexity index is 367. The first-order valence-electron chi connectivity index (χ1n) is 6.49. The highest BCUT2D eigenvalue weighted by atomic mass is 32.2. The molecule has 1 aliphatic heterocycles. The molecule has 1 saturated heterocycles. The highest BCUT2D eigenvalue weighted by Gasteiger charge is 2.28. The largest absolute Gasteiger partial charge is 0.311 e. The Morgan fingerprint density at radius 2 is 2.41 bits per heavy atom. The lowest BCUT2D eigenvalue weighted by Gasteiger charge is -2.22. The highest BCUT2D eigenvalue weighted by Crippen LogP contribution is 2.36. The number of hydrogen-bond donors (Lipinski definition) is 1. The van der Waals surface area contributed by atoms with Crippen LogP contribution in [-0.4, -0.2) is 26.8 Å². The molecule has 1 unspecified atom stereocenters. The van der Waals surface area contributed by atoms with Crippen LogP contribution >= 0.6 is 11.8 Å². The minimum absolute atomic E-state index is 0.453. The van der Waals surface area contributed by atoms with Gasteiger partial charge in [-0.05, 0) is 31.9 Å². The first-order chi connectivity index (χ1) is 8.13. The van der Waals surface area contributed by atoms with Gasteiger partial charge in [0.25, 0.3) is 0 Å². The topological polar surface area (TPSA) is 29.9 Å². The van der Waals surface area contributed by atoms with Crippen molar-refractivity contribution in [1.82, 2.24) is 15.1 Å². The highest BCUT2D eigenvalue weighted by molar-refractivity contribution is 8.00. The van der Waals surface area contributed by atoms with Crippen LogP contribution in [0, 0.1) is 0 Å². The van der Waals surface area contributed by atoms with E-state index in [4.69, 9.17) is 0 Å². The van der Waals surface area contributed by atoms with E-state index in [1.807, 2.05) is 11.7 Å². The SMILES string of the molecule is CCc1nn(C)cc1CNCC1(C)CCCS1. The van der Waals surface area contributed by atoms with Crippen LogP contribution in [0.5, 0.6) is 0 Å². The molecule has 1 aliphatic rings. The second-order valence-corrected chi connectivity index (χ2v) is 6.82. The van der Waals surface area contributed by atoms with Gasteiger partial charge < -0.3 is 5.32 Å². The summed E-state index contributed by atoms with van der Waals surface area (Å²) in [4.78, 5) is 0. The van der Waals surface area contributed by atoms with Gasteiger partial charge in [-0.3, -0.25) is 4.68 Å². The fraction of sp³-hybridized carbons (Fsp3) is 0.769. The summed E-state index contributed by atoms with van der Waals surface area (Å²) in [6.07, 6.45) is 5.87. The third kappa shape index (κ3) is 3.26. The molecule has 1 N–H and O–H groups in total. The fourth-order valence-corrected chi connectivity index (χ4v) is 3.74. The molecule has 17 heavy (non-hydrogen) atoms. The zero-order valence-corrected chi connectivity index (χ0v) is 11.9. The van der Waals surface area contributed by atoms with Crippen LogP contribution in [0.25, 0.3) is 0 Å². The Labute approximate surface area is 108 Å². The molecule has 0 radical (unpaired) electrons. The van der Waals surface area contributed by atoms with Crippen LogP contribution in [0.3, 0.4) is 0 Å². The normalized spacial score (nSPS) is 24.4. The summed E-state index contributed by atoms with van der Waals surface area (Å²) in [5, 5.41) is 8.07. The lowest BCUT2D eigenvalue weighted by atomic mass is 10.1. The van der Waals surface area contributed by atoms with E-state index in [9.17, 15) is 0 Å². The van der Waals surface area contributed by atoms with Gasteiger partial charge in [0.15, 0.2) is 0 Å². The van der Waals surface area contributed by atoms with Crippen molar-refractivity contribution >= 4 is 11.8 Å². The number of thioether (sulfide) groups is 1. The van der Waals surface area contributed by atoms with E-state index < -0.39 is 0 Å². The van der Waals surface area contributed by atoms with E-state index in [1.165, 1.54) is 29.9 Å². The molecule has 0 aromatic carbocycles. The van der Waals surface area contributed by atoms with Crippen molar-refractivity contribution in [3.63, 3.8) is 0 Å². The van der Waals surface area contributed by atoms with E-state index in [0.29, 0.717) is 4.75 Å². The summed E-state index contributed by atoms with van der Waals surface area (Å²) in [5.74, 6) is 1.32. The summed E-state index contributed by atoms with van der Waals surface area (Å²) >= 11 is 2.11. The van der Waals surface area contributed by atoms with Gasteiger partial charge in [-0.25, -0.2) is 0 Å². The van der Waals surface area contributed by atoms with Crippen LogP contribution in [0.15, 0.2) is 6.20 Å². The predicted octanol–water partition coefficient (Wildman–Crippen LogP) is 2.36. The van der Waals surface area contributed by atoms with Gasteiger partial charge in [-0.2, -0.15) is 16.9 Å². The lowest BCUT2D eigenvalue weighted by molar-refractivity contribution is 0.536. The second kappa shape index (κ2) is 5.44. The minimum Gasteiger partial charge on any atom is -0.311 e. The molecule has 0 aliphatic carbocycles. The van der Waals surface area contributed by atoms with E-state index >= 15 is 0 Å². The quantitative estimate of drug-likeness (QED) is 0.873. The monoisotopic (exact) mass is 253 g/mol. The van der Waals surface area contributed by atoms with E-state index in [-0.39, 0.29) is 0 Å². The lowest BCUT2D eigenvalue weighted by Crippen LogP contribution is -2.32. The first-order valence-corrected chi connectivity index (χ1v) is 7.47. The van der Waals surface area contributed by atoms with Gasteiger partial charge >= 0.3 is 0 Å². The zero-order chi connectivity index (χ0) is 12.3. The van der Waals surface area contributed by atoms with Gasteiger partial charge in [-0.1, -0.05) is 6.92 Å². The summed E-state index contributed by atoms with van der Waals surface area (Å²) in [6.45, 7) is 6.60. The van der Waals surface area contributed by atoms with Gasteiger partial charge in [0.1, 0.15) is 0 Å². The summed E-state index contributed by atoms with van der Waals surface area (Å²) in [5.41, 5.74) is 2.57. The van der Waals surface area contributed by atoms with Crippen LogP contribution in [-0.2, 0) is 20.0 Å². The molecule has 0 amide bonds. The van der Waals surface area contributed by atoms with Gasteiger partial charge in [0.2, 0.25) is 0 Å². The summed E-state index contributed by atoms with van der Waals surface area (Å²) in [6, 6.07) is 0. The average molecular weight is 253 g/mol. The van der Waals surface area contributed by atoms with Crippen molar-refractivity contribution in [2.45, 2.75) is 44.4 Å². The minimum atomic E-state index is 0.453. The Morgan fingerprint density at radius 1 is 1.59 bits per heavy atom. The molecule has 3 nitrogen and oxygen atoms in total. The van der Waals surface area contributed by atoms with Crippen LogP contribution in [0.1, 0.15) is 37.9 Å². The molecule has 0 spiro atoms. The Hall–Kier alpha value is -0.480. The number of hydrogen-bond acceptors (Lipinski definition) is 3. The summed E-state index contributed by atoms with van der Waals surface area (Å²) < 4.78 is 2.37. The maximum absolute atomic E-state index is 4.47. The molecular formula is C13H23N3S. The molecule has 2 rings (SSSR count). The van der Waals surface area contributed by atoms with Crippen LogP contribution in [0.4, 0.5) is 0 Å². The molecule has 2 heterocycles. The van der Waals surface area contributed by atoms with E-state index in [0.717, 1.165) is 19.5 Å². The van der Waals surface area contributed by atoms with Crippen LogP contribution in [0.2, 0.25) is 0 Å². The second-order valence-electron chi connectivity index (χ2n) is 5.13. The fourth-order valence-electron chi connectivity index (χ4n) is 2.47. The van der Waals surface area contributed by atoms with Gasteiger partial charge in [-0.15, -0.1) is 0 Å². The third-order valence-electron chi connectivity index (χ3n) is 3.44. The number of rotatable bonds is 5. The smallest absolute Gasteiger partial charge is 0.0666 e. The Morgan fingerprint density at radius 3 is 3.06 bits per heavy atom. The Balaban J connectivity index is 1.85. The third-order valence-corrected chi connectivity index (χ3v) is 4.98. The van der Waals surface area contributed by atoms with Crippen molar-refractivity contribution in [2.24, 2.45) is 7.05 Å². The predicted molar refractivity (Wildman–Crippen MR) is 74.4 cm³/mol. The molecule has 1 aromatic heterocycles. The van der Waals surface area contributed by atoms with Crippen molar-refractivity contribution in [3.05, 3.63) is 17.5 Å². The van der Waals surface area contributed by atoms with E-state index in [1.54, 1.807) is 0 Å². The Kier molecular flexibility index (Phi) is 4.15. The first kappa shape index (κ1) is 13.0. The van der Waals surface area contributed by atoms with E-state index in [2.05, 4.69) is 42.2 Å². The van der Waals surface area contributed by atoms with Crippen molar-refractivity contribution < 1.29 is 0 Å². The van der Waals surface area contributed by atoms with Crippen molar-refractivity contribution in [1.29, 1.82) is 0 Å². The van der Waals surface area contributed by atoms with Crippen molar-refractivity contribution in [2.75, 3.05) is 12.3 Å². The number of aromatic nitrogens is 2. The van der Waals surface area contributed by atoms with Crippen molar-refractivity contribution in [3.8, 4) is 0 Å². The molecule has 0 bridgehead atoms. The molecule has 1 aromatic rings. The molecular weight excluding hydrogens is 230 g/mol. The number of nitrogens with zero attached hydrogens (tertiary/aromatic N) is 2. The molecule has 4 heteroatoms. The maximum Gasteiger partial charge on any atom is 0.0666 e. The standard InChI is InChI=1S/C13H23N3S/c1-4-12-11(9-16(3)15-12)8-14-10-13(2)6-5-7-17-13/h9,14H,4-8,10H2,1-3H3. The zero-order valence-electron chi connectivity index (χ0n) is 11.1. The maximum atomic E-state index is 4.47. The molecule has 1 fully saturated rings.